The quantitative estimate of drug-likeness (QED) is 0.684. The number of pyridine rings is 1. The predicted octanol–water partition coefficient (Wildman–Crippen LogP) is 3.80. The van der Waals surface area contributed by atoms with Crippen LogP contribution in [0.2, 0.25) is 0 Å². The van der Waals surface area contributed by atoms with Gasteiger partial charge in [-0.3, -0.25) is 4.57 Å². The number of nitrogens with zero attached hydrogens (tertiary/aromatic N) is 3. The summed E-state index contributed by atoms with van der Waals surface area (Å²) in [6.45, 7) is 4.02. The Kier molecular flexibility index (Phi) is 2.67. The Hall–Kier alpha value is -1.68. The van der Waals surface area contributed by atoms with E-state index < -0.39 is 0 Å². The Morgan fingerprint density at radius 1 is 1.17 bits per heavy atom. The first-order valence-electron chi connectivity index (χ1n) is 5.73. The fraction of sp³-hybridized carbons (Fsp3) is 0.143. The second kappa shape index (κ2) is 4.21. The van der Waals surface area contributed by atoms with Crippen LogP contribution in [0.25, 0.3) is 16.9 Å². The number of fused-ring (bicyclic) bond motifs is 1. The van der Waals surface area contributed by atoms with Crippen molar-refractivity contribution >= 4 is 27.0 Å². The molecule has 0 aliphatic rings. The molecule has 0 bridgehead atoms. The van der Waals surface area contributed by atoms with Gasteiger partial charge in [0.25, 0.3) is 0 Å². The average molecular weight is 302 g/mol. The molecule has 2 aromatic heterocycles. The van der Waals surface area contributed by atoms with E-state index in [-0.39, 0.29) is 0 Å². The number of benzene rings is 1. The molecule has 3 rings (SSSR count). The minimum atomic E-state index is 0.881. The fourth-order valence-corrected chi connectivity index (χ4v) is 2.75. The molecular formula is C14H12BrN3. The average Bonchev–Trinajstić information content (AvgIpc) is 2.66. The summed E-state index contributed by atoms with van der Waals surface area (Å²) < 4.78 is 3.05. The number of hydrogen-bond donors (Lipinski definition) is 0. The van der Waals surface area contributed by atoms with Crippen LogP contribution in [0.4, 0.5) is 0 Å². The molecule has 2 heterocycles. The zero-order valence-electron chi connectivity index (χ0n) is 10.2. The lowest BCUT2D eigenvalue weighted by Crippen LogP contribution is -2.01. The van der Waals surface area contributed by atoms with E-state index in [9.17, 15) is 0 Å². The molecule has 0 atom stereocenters. The van der Waals surface area contributed by atoms with E-state index >= 15 is 0 Å². The van der Waals surface area contributed by atoms with E-state index in [0.717, 1.165) is 32.7 Å². The number of hydrogen-bond acceptors (Lipinski definition) is 2. The lowest BCUT2D eigenvalue weighted by molar-refractivity contribution is 0.946. The Morgan fingerprint density at radius 2 is 1.94 bits per heavy atom. The van der Waals surface area contributed by atoms with Crippen molar-refractivity contribution in [1.82, 2.24) is 14.5 Å². The third-order valence-electron chi connectivity index (χ3n) is 2.90. The van der Waals surface area contributed by atoms with Gasteiger partial charge in [0.1, 0.15) is 5.82 Å². The Bertz CT molecular complexity index is 731. The molecule has 1 aromatic carbocycles. The second-order valence-corrected chi connectivity index (χ2v) is 5.16. The number of halogens is 1. The van der Waals surface area contributed by atoms with Crippen molar-refractivity contribution in [1.29, 1.82) is 0 Å². The summed E-state index contributed by atoms with van der Waals surface area (Å²) in [7, 11) is 0. The van der Waals surface area contributed by atoms with Gasteiger partial charge in [0.05, 0.1) is 15.5 Å². The van der Waals surface area contributed by atoms with Crippen LogP contribution in [0.5, 0.6) is 0 Å². The summed E-state index contributed by atoms with van der Waals surface area (Å²) in [6, 6.07) is 10.2. The van der Waals surface area contributed by atoms with Crippen molar-refractivity contribution in [3.63, 3.8) is 0 Å². The van der Waals surface area contributed by atoms with Crippen molar-refractivity contribution in [2.24, 2.45) is 0 Å². The van der Waals surface area contributed by atoms with E-state index in [2.05, 4.69) is 42.6 Å². The molecule has 0 N–H and O–H groups in total. The van der Waals surface area contributed by atoms with E-state index in [4.69, 9.17) is 0 Å². The summed E-state index contributed by atoms with van der Waals surface area (Å²) in [6.07, 6.45) is 1.87. The van der Waals surface area contributed by atoms with Crippen LogP contribution in [0.3, 0.4) is 0 Å². The van der Waals surface area contributed by atoms with Crippen LogP contribution < -0.4 is 0 Å². The highest BCUT2D eigenvalue weighted by Crippen LogP contribution is 2.25. The van der Waals surface area contributed by atoms with Gasteiger partial charge in [-0.25, -0.2) is 9.97 Å². The minimum absolute atomic E-state index is 0.881. The number of imidazole rings is 1. The Balaban J connectivity index is 2.34. The Labute approximate surface area is 114 Å². The van der Waals surface area contributed by atoms with E-state index in [1.54, 1.807) is 0 Å². The van der Waals surface area contributed by atoms with Crippen molar-refractivity contribution in [2.45, 2.75) is 13.8 Å². The Morgan fingerprint density at radius 3 is 2.72 bits per heavy atom. The lowest BCUT2D eigenvalue weighted by atomic mass is 10.3. The number of rotatable bonds is 1. The van der Waals surface area contributed by atoms with E-state index in [1.165, 1.54) is 0 Å². The largest absolute Gasteiger partial charge is 0.280 e. The molecule has 3 aromatic rings. The molecule has 0 aliphatic heterocycles. The van der Waals surface area contributed by atoms with Crippen LogP contribution in [0.1, 0.15) is 11.4 Å². The summed E-state index contributed by atoms with van der Waals surface area (Å²) in [5.41, 5.74) is 3.20. The summed E-state index contributed by atoms with van der Waals surface area (Å²) in [4.78, 5) is 9.06. The zero-order valence-corrected chi connectivity index (χ0v) is 11.8. The highest BCUT2D eigenvalue weighted by molar-refractivity contribution is 9.10. The molecule has 0 unspecified atom stereocenters. The third-order valence-corrected chi connectivity index (χ3v) is 3.48. The molecule has 18 heavy (non-hydrogen) atoms. The van der Waals surface area contributed by atoms with Gasteiger partial charge in [-0.15, -0.1) is 0 Å². The molecular weight excluding hydrogens is 290 g/mol. The first kappa shape index (κ1) is 11.4. The summed E-state index contributed by atoms with van der Waals surface area (Å²) >= 11 is 3.58. The number of para-hydroxylation sites is 2. The monoisotopic (exact) mass is 301 g/mol. The zero-order chi connectivity index (χ0) is 12.7. The fourth-order valence-electron chi connectivity index (χ4n) is 2.10. The van der Waals surface area contributed by atoms with Crippen molar-refractivity contribution in [2.75, 3.05) is 0 Å². The van der Waals surface area contributed by atoms with Crippen LogP contribution >= 0.6 is 15.9 Å². The third kappa shape index (κ3) is 1.73. The van der Waals surface area contributed by atoms with Gasteiger partial charge < -0.3 is 0 Å². The van der Waals surface area contributed by atoms with E-state index in [0.29, 0.717) is 0 Å². The molecule has 0 aliphatic carbocycles. The van der Waals surface area contributed by atoms with Gasteiger partial charge in [0.15, 0.2) is 5.82 Å². The molecule has 90 valence electrons. The molecule has 0 fully saturated rings. The number of aromatic nitrogens is 3. The van der Waals surface area contributed by atoms with Gasteiger partial charge in [-0.1, -0.05) is 12.1 Å². The highest BCUT2D eigenvalue weighted by Gasteiger charge is 2.12. The maximum atomic E-state index is 4.56. The van der Waals surface area contributed by atoms with Crippen LogP contribution in [-0.2, 0) is 0 Å². The highest BCUT2D eigenvalue weighted by atomic mass is 79.9. The SMILES string of the molecule is Cc1cnc(-n2c(C)nc3ccccc32)c(Br)c1. The molecule has 0 spiro atoms. The lowest BCUT2D eigenvalue weighted by Gasteiger charge is -2.08. The second-order valence-electron chi connectivity index (χ2n) is 4.30. The van der Waals surface area contributed by atoms with Gasteiger partial charge in [-0.05, 0) is 53.5 Å². The molecule has 0 amide bonds. The normalized spacial score (nSPS) is 11.1. The van der Waals surface area contributed by atoms with Crippen molar-refractivity contribution < 1.29 is 0 Å². The van der Waals surface area contributed by atoms with Crippen molar-refractivity contribution in [3.8, 4) is 5.82 Å². The molecule has 4 heteroatoms. The van der Waals surface area contributed by atoms with E-state index in [1.807, 2.05) is 38.2 Å². The van der Waals surface area contributed by atoms with Gasteiger partial charge in [0.2, 0.25) is 0 Å². The summed E-state index contributed by atoms with van der Waals surface area (Å²) in [5, 5.41) is 0. The molecule has 0 radical (unpaired) electrons. The van der Waals surface area contributed by atoms with Crippen LogP contribution in [0.15, 0.2) is 41.0 Å². The minimum Gasteiger partial charge on any atom is -0.280 e. The van der Waals surface area contributed by atoms with Gasteiger partial charge in [-0.2, -0.15) is 0 Å². The smallest absolute Gasteiger partial charge is 0.152 e. The first-order chi connectivity index (χ1) is 8.66. The topological polar surface area (TPSA) is 30.7 Å². The van der Waals surface area contributed by atoms with Gasteiger partial charge in [0, 0.05) is 6.20 Å². The van der Waals surface area contributed by atoms with Gasteiger partial charge >= 0.3 is 0 Å². The molecule has 3 nitrogen and oxygen atoms in total. The maximum Gasteiger partial charge on any atom is 0.152 e. The number of aryl methyl sites for hydroxylation is 2. The maximum absolute atomic E-state index is 4.56. The van der Waals surface area contributed by atoms with Crippen LogP contribution in [0, 0.1) is 13.8 Å². The standard InChI is InChI=1S/C14H12BrN3/c1-9-7-11(15)14(16-8-9)18-10(2)17-12-5-3-4-6-13(12)18/h3-8H,1-2H3. The predicted molar refractivity (Wildman–Crippen MR) is 76.0 cm³/mol. The molecule has 0 saturated carbocycles. The molecule has 0 saturated heterocycles. The summed E-state index contributed by atoms with van der Waals surface area (Å²) in [5.74, 6) is 1.82. The first-order valence-corrected chi connectivity index (χ1v) is 6.53. The van der Waals surface area contributed by atoms with Crippen LogP contribution in [-0.4, -0.2) is 14.5 Å². The van der Waals surface area contributed by atoms with Crippen molar-refractivity contribution in [3.05, 3.63) is 52.4 Å².